The predicted octanol–water partition coefficient (Wildman–Crippen LogP) is 1.21. The normalized spacial score (nSPS) is 17.8. The van der Waals surface area contributed by atoms with Crippen molar-refractivity contribution >= 4 is 10.0 Å². The lowest BCUT2D eigenvalue weighted by Gasteiger charge is -2.35. The number of hydrogen-bond donors (Lipinski definition) is 1. The zero-order valence-corrected chi connectivity index (χ0v) is 15.0. The lowest BCUT2D eigenvalue weighted by Crippen LogP contribution is -3.14. The Morgan fingerprint density at radius 3 is 2.28 bits per heavy atom. The van der Waals surface area contributed by atoms with E-state index in [1.54, 1.807) is 18.2 Å². The molecule has 0 unspecified atom stereocenters. The van der Waals surface area contributed by atoms with Gasteiger partial charge in [0.05, 0.1) is 36.6 Å². The molecule has 1 aliphatic heterocycles. The first-order chi connectivity index (χ1) is 12.0. The van der Waals surface area contributed by atoms with E-state index in [0.717, 1.165) is 13.1 Å². The number of nitriles is 1. The number of nitrogens with one attached hydrogen (secondary N) is 1. The van der Waals surface area contributed by atoms with Gasteiger partial charge in [-0.2, -0.15) is 9.57 Å². The van der Waals surface area contributed by atoms with Crippen LogP contribution in [-0.2, 0) is 10.0 Å². The van der Waals surface area contributed by atoms with E-state index < -0.39 is 10.0 Å². The minimum absolute atomic E-state index is 0.108. The van der Waals surface area contributed by atoms with Gasteiger partial charge in [-0.15, -0.1) is 0 Å². The van der Waals surface area contributed by atoms with Crippen LogP contribution in [0.4, 0.5) is 0 Å². The molecule has 2 aromatic carbocycles. The molecular weight excluding hydrogens is 334 g/mol. The van der Waals surface area contributed by atoms with Crippen LogP contribution in [0, 0.1) is 11.3 Å². The topological polar surface area (TPSA) is 65.6 Å². The molecule has 0 spiro atoms. The van der Waals surface area contributed by atoms with Crippen molar-refractivity contribution in [2.45, 2.75) is 17.9 Å². The van der Waals surface area contributed by atoms with Gasteiger partial charge < -0.3 is 4.90 Å². The van der Waals surface area contributed by atoms with Crippen molar-refractivity contribution in [3.05, 3.63) is 65.7 Å². The summed E-state index contributed by atoms with van der Waals surface area (Å²) in [6.45, 7) is 4.62. The Morgan fingerprint density at radius 2 is 1.64 bits per heavy atom. The van der Waals surface area contributed by atoms with Crippen LogP contribution >= 0.6 is 0 Å². The summed E-state index contributed by atoms with van der Waals surface area (Å²) in [4.78, 5) is 1.49. The van der Waals surface area contributed by atoms with E-state index in [1.807, 2.05) is 24.3 Å². The highest BCUT2D eigenvalue weighted by atomic mass is 32.2. The number of benzene rings is 2. The van der Waals surface area contributed by atoms with Gasteiger partial charge in [-0.3, -0.25) is 0 Å². The maximum Gasteiger partial charge on any atom is 0.244 e. The Balaban J connectivity index is 1.73. The molecule has 0 aromatic heterocycles. The van der Waals surface area contributed by atoms with Crippen molar-refractivity contribution in [3.63, 3.8) is 0 Å². The van der Waals surface area contributed by atoms with Crippen molar-refractivity contribution in [1.82, 2.24) is 4.31 Å². The molecule has 0 radical (unpaired) electrons. The van der Waals surface area contributed by atoms with E-state index in [1.165, 1.54) is 20.8 Å². The Bertz CT molecular complexity index is 867. The van der Waals surface area contributed by atoms with Crippen LogP contribution in [0.2, 0.25) is 0 Å². The summed E-state index contributed by atoms with van der Waals surface area (Å²) in [6, 6.07) is 19.0. The minimum Gasteiger partial charge on any atom is -0.327 e. The second-order valence-electron chi connectivity index (χ2n) is 6.30. The predicted molar refractivity (Wildman–Crippen MR) is 95.5 cm³/mol. The van der Waals surface area contributed by atoms with Gasteiger partial charge in [0.15, 0.2) is 0 Å². The van der Waals surface area contributed by atoms with Crippen LogP contribution in [0.1, 0.15) is 24.1 Å². The van der Waals surface area contributed by atoms with Crippen LogP contribution in [0.25, 0.3) is 0 Å². The first kappa shape index (κ1) is 17.6. The van der Waals surface area contributed by atoms with E-state index in [0.29, 0.717) is 19.1 Å². The molecule has 1 N–H and O–H groups in total. The average molecular weight is 356 g/mol. The maximum absolute atomic E-state index is 12.9. The third kappa shape index (κ3) is 3.59. The van der Waals surface area contributed by atoms with Crippen LogP contribution in [0.15, 0.2) is 59.5 Å². The summed E-state index contributed by atoms with van der Waals surface area (Å²) in [6.07, 6.45) is 0. The molecule has 1 fully saturated rings. The summed E-state index contributed by atoms with van der Waals surface area (Å²) in [7, 11) is -3.62. The lowest BCUT2D eigenvalue weighted by atomic mass is 10.1. The second kappa shape index (κ2) is 7.36. The molecule has 1 atom stereocenters. The number of nitrogens with zero attached hydrogens (tertiary/aromatic N) is 2. The number of hydrogen-bond acceptors (Lipinski definition) is 3. The van der Waals surface area contributed by atoms with Gasteiger partial charge in [0.25, 0.3) is 0 Å². The summed E-state index contributed by atoms with van der Waals surface area (Å²) in [5.41, 5.74) is 1.47. The third-order valence-electron chi connectivity index (χ3n) is 4.90. The fourth-order valence-electron chi connectivity index (χ4n) is 3.35. The second-order valence-corrected chi connectivity index (χ2v) is 8.21. The molecule has 0 bridgehead atoms. The van der Waals surface area contributed by atoms with Crippen LogP contribution in [-0.4, -0.2) is 38.9 Å². The molecule has 2 aromatic rings. The van der Waals surface area contributed by atoms with Gasteiger partial charge in [-0.1, -0.05) is 42.5 Å². The van der Waals surface area contributed by atoms with Gasteiger partial charge in [-0.05, 0) is 19.1 Å². The van der Waals surface area contributed by atoms with Crippen molar-refractivity contribution in [3.8, 4) is 6.07 Å². The summed E-state index contributed by atoms with van der Waals surface area (Å²) < 4.78 is 27.3. The molecule has 1 aliphatic rings. The zero-order valence-electron chi connectivity index (χ0n) is 14.2. The molecule has 130 valence electrons. The smallest absolute Gasteiger partial charge is 0.244 e. The summed E-state index contributed by atoms with van der Waals surface area (Å²) >= 11 is 0. The molecule has 25 heavy (non-hydrogen) atoms. The summed E-state index contributed by atoms with van der Waals surface area (Å²) in [5.74, 6) is 0. The van der Waals surface area contributed by atoms with E-state index >= 15 is 0 Å². The summed E-state index contributed by atoms with van der Waals surface area (Å²) in [5, 5.41) is 9.18. The van der Waals surface area contributed by atoms with Crippen molar-refractivity contribution in [2.24, 2.45) is 0 Å². The molecule has 0 amide bonds. The maximum atomic E-state index is 12.9. The Labute approximate surface area is 149 Å². The Morgan fingerprint density at radius 1 is 1.04 bits per heavy atom. The lowest BCUT2D eigenvalue weighted by molar-refractivity contribution is -0.933. The van der Waals surface area contributed by atoms with Gasteiger partial charge in [-0.25, -0.2) is 8.42 Å². The highest BCUT2D eigenvalue weighted by Crippen LogP contribution is 2.20. The largest absolute Gasteiger partial charge is 0.327 e. The number of piperazine rings is 1. The molecule has 0 aliphatic carbocycles. The first-order valence-corrected chi connectivity index (χ1v) is 9.87. The highest BCUT2D eigenvalue weighted by molar-refractivity contribution is 7.89. The van der Waals surface area contributed by atoms with E-state index in [9.17, 15) is 13.7 Å². The van der Waals surface area contributed by atoms with Gasteiger partial charge >= 0.3 is 0 Å². The molecular formula is C19H22N3O2S+. The highest BCUT2D eigenvalue weighted by Gasteiger charge is 2.33. The molecule has 3 rings (SSSR count). The van der Waals surface area contributed by atoms with E-state index in [-0.39, 0.29) is 10.5 Å². The molecule has 0 saturated carbocycles. The van der Waals surface area contributed by atoms with Crippen LogP contribution in [0.5, 0.6) is 0 Å². The third-order valence-corrected chi connectivity index (χ3v) is 6.86. The average Bonchev–Trinajstić information content (AvgIpc) is 2.68. The van der Waals surface area contributed by atoms with E-state index in [4.69, 9.17) is 0 Å². The zero-order chi connectivity index (χ0) is 17.9. The molecule has 5 nitrogen and oxygen atoms in total. The van der Waals surface area contributed by atoms with Gasteiger partial charge in [0.1, 0.15) is 12.1 Å². The Hall–Kier alpha value is -2.20. The van der Waals surface area contributed by atoms with Crippen molar-refractivity contribution in [2.75, 3.05) is 26.2 Å². The quantitative estimate of drug-likeness (QED) is 0.895. The Kier molecular flexibility index (Phi) is 5.19. The monoisotopic (exact) mass is 356 g/mol. The van der Waals surface area contributed by atoms with E-state index in [2.05, 4.69) is 19.1 Å². The minimum atomic E-state index is -3.62. The number of quaternary nitrogens is 1. The number of rotatable bonds is 4. The number of sulfonamides is 1. The van der Waals surface area contributed by atoms with Crippen LogP contribution in [0.3, 0.4) is 0 Å². The molecule has 6 heteroatoms. The van der Waals surface area contributed by atoms with Crippen molar-refractivity contribution in [1.29, 1.82) is 5.26 Å². The van der Waals surface area contributed by atoms with Gasteiger partial charge in [0.2, 0.25) is 10.0 Å². The van der Waals surface area contributed by atoms with Crippen LogP contribution < -0.4 is 4.90 Å². The first-order valence-electron chi connectivity index (χ1n) is 8.43. The van der Waals surface area contributed by atoms with Gasteiger partial charge in [0, 0.05) is 5.56 Å². The van der Waals surface area contributed by atoms with Crippen molar-refractivity contribution < 1.29 is 13.3 Å². The fraction of sp³-hybridized carbons (Fsp3) is 0.316. The molecule has 1 saturated heterocycles. The SMILES string of the molecule is C[C@H](c1ccccc1)[NH+]1CCN(S(=O)(=O)c2ccccc2C#N)CC1. The molecule has 1 heterocycles. The standard InChI is InChI=1S/C19H21N3O2S/c1-16(17-7-3-2-4-8-17)21-11-13-22(14-12-21)25(23,24)19-10-6-5-9-18(19)15-20/h2-10,16H,11-14H2,1H3/p+1/t16-/m1/s1. The fourth-order valence-corrected chi connectivity index (χ4v) is 4.93.